The fraction of sp³-hybridized carbons (Fsp3) is 0.722. The van der Waals surface area contributed by atoms with Crippen LogP contribution in [0, 0.1) is 6.92 Å². The van der Waals surface area contributed by atoms with Crippen LogP contribution in [0.4, 0.5) is 5.82 Å². The van der Waals surface area contributed by atoms with Gasteiger partial charge in [-0.15, -0.1) is 0 Å². The van der Waals surface area contributed by atoms with E-state index in [1.165, 1.54) is 80.1 Å². The third-order valence-electron chi connectivity index (χ3n) is 5.14. The third-order valence-corrected chi connectivity index (χ3v) is 5.72. The van der Waals surface area contributed by atoms with Crippen LogP contribution < -0.4 is 4.90 Å². The van der Waals surface area contributed by atoms with Crippen LogP contribution in [0.1, 0.15) is 69.8 Å². The molecule has 2 fully saturated rings. The molecular formula is C18H27BrN2. The molecule has 2 nitrogen and oxygen atoms in total. The molecule has 1 aromatic rings. The molecule has 0 aromatic carbocycles. The number of anilines is 1. The second-order valence-corrected chi connectivity index (χ2v) is 7.66. The van der Waals surface area contributed by atoms with Crippen LogP contribution in [0.2, 0.25) is 0 Å². The van der Waals surface area contributed by atoms with Gasteiger partial charge in [0.15, 0.2) is 0 Å². The van der Waals surface area contributed by atoms with E-state index >= 15 is 0 Å². The number of rotatable bonds is 3. The molecule has 0 aliphatic heterocycles. The Bertz CT molecular complexity index is 444. The molecule has 2 aliphatic rings. The predicted octanol–water partition coefficient (Wildman–Crippen LogP) is 5.62. The molecule has 116 valence electrons. The Balaban J connectivity index is 1.89. The maximum atomic E-state index is 4.81. The van der Waals surface area contributed by atoms with Crippen molar-refractivity contribution < 1.29 is 0 Å². The first-order chi connectivity index (χ1) is 10.3. The van der Waals surface area contributed by atoms with Crippen LogP contribution in [-0.4, -0.2) is 17.1 Å². The first-order valence-electron chi connectivity index (χ1n) is 8.66. The van der Waals surface area contributed by atoms with Gasteiger partial charge in [-0.1, -0.05) is 38.5 Å². The molecule has 0 unspecified atom stereocenters. The molecule has 3 heteroatoms. The van der Waals surface area contributed by atoms with Gasteiger partial charge >= 0.3 is 0 Å². The predicted molar refractivity (Wildman–Crippen MR) is 92.9 cm³/mol. The summed E-state index contributed by atoms with van der Waals surface area (Å²) in [6.07, 6.45) is 15.8. The van der Waals surface area contributed by atoms with Crippen molar-refractivity contribution in [2.45, 2.75) is 83.2 Å². The van der Waals surface area contributed by atoms with Crippen molar-refractivity contribution in [3.8, 4) is 0 Å². The number of pyridine rings is 1. The van der Waals surface area contributed by atoms with Crippen molar-refractivity contribution in [1.29, 1.82) is 0 Å². The number of aryl methyl sites for hydroxylation is 1. The van der Waals surface area contributed by atoms with E-state index in [0.29, 0.717) is 12.1 Å². The Labute approximate surface area is 137 Å². The van der Waals surface area contributed by atoms with Gasteiger partial charge in [0, 0.05) is 18.3 Å². The van der Waals surface area contributed by atoms with Crippen molar-refractivity contribution in [3.63, 3.8) is 0 Å². The maximum absolute atomic E-state index is 4.81. The van der Waals surface area contributed by atoms with Gasteiger partial charge in [0.1, 0.15) is 5.82 Å². The summed E-state index contributed by atoms with van der Waals surface area (Å²) in [6.45, 7) is 2.12. The van der Waals surface area contributed by atoms with Crippen LogP contribution in [0.3, 0.4) is 0 Å². The van der Waals surface area contributed by atoms with Crippen LogP contribution in [0.25, 0.3) is 0 Å². The molecule has 0 amide bonds. The lowest BCUT2D eigenvalue weighted by Gasteiger charge is -2.43. The molecule has 0 spiro atoms. The summed E-state index contributed by atoms with van der Waals surface area (Å²) in [5, 5.41) is 0. The van der Waals surface area contributed by atoms with E-state index < -0.39 is 0 Å². The zero-order valence-electron chi connectivity index (χ0n) is 13.2. The van der Waals surface area contributed by atoms with Crippen molar-refractivity contribution in [2.24, 2.45) is 0 Å². The van der Waals surface area contributed by atoms with Gasteiger partial charge in [-0.2, -0.15) is 0 Å². The van der Waals surface area contributed by atoms with E-state index in [1.54, 1.807) is 0 Å². The van der Waals surface area contributed by atoms with Crippen molar-refractivity contribution >= 4 is 21.7 Å². The lowest BCUT2D eigenvalue weighted by atomic mass is 9.88. The molecule has 0 radical (unpaired) electrons. The first kappa shape index (κ1) is 15.3. The highest BCUT2D eigenvalue weighted by atomic mass is 79.9. The van der Waals surface area contributed by atoms with Crippen molar-refractivity contribution in [2.75, 3.05) is 4.90 Å². The summed E-state index contributed by atoms with van der Waals surface area (Å²) in [5.41, 5.74) is 1.23. The molecule has 1 aromatic heterocycles. The second-order valence-electron chi connectivity index (χ2n) is 6.81. The van der Waals surface area contributed by atoms with Crippen LogP contribution >= 0.6 is 15.9 Å². The van der Waals surface area contributed by atoms with E-state index in [-0.39, 0.29) is 0 Å². The van der Waals surface area contributed by atoms with E-state index in [9.17, 15) is 0 Å². The molecule has 0 saturated heterocycles. The summed E-state index contributed by atoms with van der Waals surface area (Å²) >= 11 is 3.78. The summed E-state index contributed by atoms with van der Waals surface area (Å²) in [7, 11) is 0. The Morgan fingerprint density at radius 1 is 0.952 bits per heavy atom. The summed E-state index contributed by atoms with van der Waals surface area (Å²) in [5.74, 6) is 1.19. The molecule has 1 heterocycles. The monoisotopic (exact) mass is 350 g/mol. The molecule has 2 aliphatic carbocycles. The zero-order chi connectivity index (χ0) is 14.7. The number of halogens is 1. The maximum Gasteiger partial charge on any atom is 0.143 e. The minimum absolute atomic E-state index is 0.702. The fourth-order valence-electron chi connectivity index (χ4n) is 4.08. The first-order valence-corrected chi connectivity index (χ1v) is 9.45. The lowest BCUT2D eigenvalue weighted by molar-refractivity contribution is 0.337. The Kier molecular flexibility index (Phi) is 5.20. The SMILES string of the molecule is Cc1cnc(N(C2CCCCC2)C2CCCCC2)c(Br)c1. The molecule has 21 heavy (non-hydrogen) atoms. The quantitative estimate of drug-likeness (QED) is 0.702. The smallest absolute Gasteiger partial charge is 0.143 e. The molecule has 3 rings (SSSR count). The van der Waals surface area contributed by atoms with Gasteiger partial charge in [-0.25, -0.2) is 4.98 Å². The Morgan fingerprint density at radius 3 is 1.95 bits per heavy atom. The molecule has 0 atom stereocenters. The van der Waals surface area contributed by atoms with E-state index in [0.717, 1.165) is 0 Å². The van der Waals surface area contributed by atoms with Gasteiger partial charge in [-0.3, -0.25) is 0 Å². The normalized spacial score (nSPS) is 21.4. The molecule has 0 N–H and O–H groups in total. The number of aromatic nitrogens is 1. The molecular weight excluding hydrogens is 324 g/mol. The van der Waals surface area contributed by atoms with Gasteiger partial charge in [0.2, 0.25) is 0 Å². The minimum atomic E-state index is 0.702. The van der Waals surface area contributed by atoms with Gasteiger partial charge in [0.25, 0.3) is 0 Å². The van der Waals surface area contributed by atoms with Crippen LogP contribution in [0.15, 0.2) is 16.7 Å². The molecule has 2 saturated carbocycles. The number of nitrogens with zero attached hydrogens (tertiary/aromatic N) is 2. The lowest BCUT2D eigenvalue weighted by Crippen LogP contribution is -2.46. The van der Waals surface area contributed by atoms with E-state index in [2.05, 4.69) is 33.8 Å². The highest BCUT2D eigenvalue weighted by Gasteiger charge is 2.30. The molecule has 0 bridgehead atoms. The van der Waals surface area contributed by atoms with Crippen molar-refractivity contribution in [3.05, 3.63) is 22.3 Å². The standard InChI is InChI=1S/C18H27BrN2/c1-14-12-17(19)18(20-13-14)21(15-8-4-2-5-9-15)16-10-6-3-7-11-16/h12-13,15-16H,2-11H2,1H3. The Hall–Kier alpha value is -0.570. The van der Waals surface area contributed by atoms with E-state index in [4.69, 9.17) is 4.98 Å². The van der Waals surface area contributed by atoms with Crippen molar-refractivity contribution in [1.82, 2.24) is 4.98 Å². The summed E-state index contributed by atoms with van der Waals surface area (Å²) < 4.78 is 1.18. The van der Waals surface area contributed by atoms with E-state index in [1.807, 2.05) is 6.20 Å². The third kappa shape index (κ3) is 3.61. The summed E-state index contributed by atoms with van der Waals surface area (Å²) in [4.78, 5) is 7.50. The Morgan fingerprint density at radius 2 is 1.48 bits per heavy atom. The van der Waals surface area contributed by atoms with Gasteiger partial charge in [-0.05, 0) is 60.2 Å². The van der Waals surface area contributed by atoms with Crippen LogP contribution in [-0.2, 0) is 0 Å². The van der Waals surface area contributed by atoms with Gasteiger partial charge in [0.05, 0.1) is 4.47 Å². The highest BCUT2D eigenvalue weighted by molar-refractivity contribution is 9.10. The highest BCUT2D eigenvalue weighted by Crippen LogP contribution is 2.36. The van der Waals surface area contributed by atoms with Crippen LogP contribution in [0.5, 0.6) is 0 Å². The largest absolute Gasteiger partial charge is 0.350 e. The van der Waals surface area contributed by atoms with Gasteiger partial charge < -0.3 is 4.90 Å². The number of hydrogen-bond acceptors (Lipinski definition) is 2. The average molecular weight is 351 g/mol. The number of hydrogen-bond donors (Lipinski definition) is 0. The summed E-state index contributed by atoms with van der Waals surface area (Å²) in [6, 6.07) is 3.63. The average Bonchev–Trinajstić information content (AvgIpc) is 2.52. The topological polar surface area (TPSA) is 16.1 Å². The minimum Gasteiger partial charge on any atom is -0.350 e. The fourth-order valence-corrected chi connectivity index (χ4v) is 4.75. The zero-order valence-corrected chi connectivity index (χ0v) is 14.7. The second kappa shape index (κ2) is 7.13.